The van der Waals surface area contributed by atoms with Crippen molar-refractivity contribution in [1.82, 2.24) is 0 Å². The maximum atomic E-state index is 6.09. The van der Waals surface area contributed by atoms with Crippen LogP contribution in [0.15, 0.2) is 42.5 Å². The molecule has 0 aliphatic carbocycles. The molecule has 2 aromatic carbocycles. The van der Waals surface area contributed by atoms with Crippen molar-refractivity contribution in [2.45, 2.75) is 26.3 Å². The lowest BCUT2D eigenvalue weighted by Crippen LogP contribution is -2.04. The normalized spacial score (nSPS) is 12.2. The van der Waals surface area contributed by atoms with Gasteiger partial charge in [0.25, 0.3) is 0 Å². The number of aryl methyl sites for hydroxylation is 1. The quantitative estimate of drug-likeness (QED) is 0.877. The first kappa shape index (κ1) is 13.9. The summed E-state index contributed by atoms with van der Waals surface area (Å²) in [7, 11) is 0. The van der Waals surface area contributed by atoms with Crippen LogP contribution in [0.25, 0.3) is 0 Å². The van der Waals surface area contributed by atoms with E-state index < -0.39 is 0 Å². The molecule has 0 radical (unpaired) electrons. The van der Waals surface area contributed by atoms with Crippen molar-refractivity contribution >= 4 is 11.6 Å². The SMILES string of the molecule is CCc1cc(Oc2cccc(C(C)N)c2)ccc1Cl. The Morgan fingerprint density at radius 2 is 1.89 bits per heavy atom. The van der Waals surface area contributed by atoms with Gasteiger partial charge >= 0.3 is 0 Å². The van der Waals surface area contributed by atoms with E-state index in [0.29, 0.717) is 0 Å². The maximum Gasteiger partial charge on any atom is 0.127 e. The molecule has 0 saturated carbocycles. The van der Waals surface area contributed by atoms with Gasteiger partial charge in [-0.05, 0) is 54.8 Å². The Morgan fingerprint density at radius 1 is 1.16 bits per heavy atom. The monoisotopic (exact) mass is 275 g/mol. The summed E-state index contributed by atoms with van der Waals surface area (Å²) in [5, 5.41) is 0.777. The molecule has 2 N–H and O–H groups in total. The minimum Gasteiger partial charge on any atom is -0.457 e. The molecule has 1 unspecified atom stereocenters. The topological polar surface area (TPSA) is 35.2 Å². The lowest BCUT2D eigenvalue weighted by molar-refractivity contribution is 0.481. The summed E-state index contributed by atoms with van der Waals surface area (Å²) in [4.78, 5) is 0. The van der Waals surface area contributed by atoms with Crippen LogP contribution >= 0.6 is 11.6 Å². The van der Waals surface area contributed by atoms with E-state index in [0.717, 1.165) is 34.1 Å². The van der Waals surface area contributed by atoms with E-state index in [-0.39, 0.29) is 6.04 Å². The van der Waals surface area contributed by atoms with E-state index in [4.69, 9.17) is 22.1 Å². The number of halogens is 1. The van der Waals surface area contributed by atoms with Gasteiger partial charge in [-0.3, -0.25) is 0 Å². The Kier molecular flexibility index (Phi) is 4.46. The highest BCUT2D eigenvalue weighted by Gasteiger charge is 2.04. The molecular formula is C16H18ClNO. The van der Waals surface area contributed by atoms with E-state index in [2.05, 4.69) is 6.92 Å². The Bertz CT molecular complexity index is 566. The summed E-state index contributed by atoms with van der Waals surface area (Å²) in [6.45, 7) is 4.03. The zero-order chi connectivity index (χ0) is 13.8. The number of hydrogen-bond acceptors (Lipinski definition) is 2. The second kappa shape index (κ2) is 6.09. The van der Waals surface area contributed by atoms with Crippen molar-refractivity contribution in [3.63, 3.8) is 0 Å². The van der Waals surface area contributed by atoms with Crippen LogP contribution in [0.4, 0.5) is 0 Å². The Balaban J connectivity index is 2.23. The van der Waals surface area contributed by atoms with Crippen LogP contribution in [0.1, 0.15) is 31.0 Å². The Morgan fingerprint density at radius 3 is 2.58 bits per heavy atom. The Hall–Kier alpha value is -1.51. The molecule has 3 heteroatoms. The molecule has 0 spiro atoms. The molecule has 0 aliphatic heterocycles. The highest BCUT2D eigenvalue weighted by Crippen LogP contribution is 2.27. The first-order chi connectivity index (χ1) is 9.10. The van der Waals surface area contributed by atoms with Crippen molar-refractivity contribution in [3.8, 4) is 11.5 Å². The third kappa shape index (κ3) is 3.49. The molecule has 2 rings (SSSR count). The van der Waals surface area contributed by atoms with E-state index in [1.807, 2.05) is 49.4 Å². The molecule has 100 valence electrons. The molecule has 0 heterocycles. The van der Waals surface area contributed by atoms with Crippen LogP contribution in [0, 0.1) is 0 Å². The largest absolute Gasteiger partial charge is 0.457 e. The summed E-state index contributed by atoms with van der Waals surface area (Å²) >= 11 is 6.09. The van der Waals surface area contributed by atoms with Gasteiger partial charge in [0.05, 0.1) is 0 Å². The van der Waals surface area contributed by atoms with Crippen LogP contribution in [-0.2, 0) is 6.42 Å². The molecule has 0 saturated heterocycles. The number of ether oxygens (including phenoxy) is 1. The van der Waals surface area contributed by atoms with Crippen LogP contribution in [0.3, 0.4) is 0 Å². The van der Waals surface area contributed by atoms with Gasteiger partial charge in [0.1, 0.15) is 11.5 Å². The minimum atomic E-state index is -0.0000272. The van der Waals surface area contributed by atoms with E-state index >= 15 is 0 Å². The fraction of sp³-hybridized carbons (Fsp3) is 0.250. The predicted molar refractivity (Wildman–Crippen MR) is 79.9 cm³/mol. The number of hydrogen-bond donors (Lipinski definition) is 1. The first-order valence-corrected chi connectivity index (χ1v) is 6.79. The molecule has 1 atom stereocenters. The Labute approximate surface area is 119 Å². The van der Waals surface area contributed by atoms with Gasteiger partial charge in [0.2, 0.25) is 0 Å². The van der Waals surface area contributed by atoms with Gasteiger partial charge in [-0.2, -0.15) is 0 Å². The van der Waals surface area contributed by atoms with Crippen LogP contribution in [0.2, 0.25) is 5.02 Å². The van der Waals surface area contributed by atoms with Gasteiger partial charge < -0.3 is 10.5 Å². The zero-order valence-electron chi connectivity index (χ0n) is 11.2. The molecule has 0 aromatic heterocycles. The first-order valence-electron chi connectivity index (χ1n) is 6.42. The van der Waals surface area contributed by atoms with Crippen molar-refractivity contribution in [2.24, 2.45) is 5.73 Å². The standard InChI is InChI=1S/C16H18ClNO/c1-3-12-9-15(7-8-16(12)17)19-14-6-4-5-13(10-14)11(2)18/h4-11H,3,18H2,1-2H3. The highest BCUT2D eigenvalue weighted by molar-refractivity contribution is 6.31. The van der Waals surface area contributed by atoms with Crippen LogP contribution < -0.4 is 10.5 Å². The molecule has 0 aliphatic rings. The van der Waals surface area contributed by atoms with Gasteiger partial charge in [-0.15, -0.1) is 0 Å². The van der Waals surface area contributed by atoms with Gasteiger partial charge in [-0.25, -0.2) is 0 Å². The third-order valence-electron chi connectivity index (χ3n) is 3.02. The number of rotatable bonds is 4. The third-order valence-corrected chi connectivity index (χ3v) is 3.39. The number of benzene rings is 2. The predicted octanol–water partition coefficient (Wildman–Crippen LogP) is 4.71. The van der Waals surface area contributed by atoms with Gasteiger partial charge in [0, 0.05) is 11.1 Å². The molecule has 0 fully saturated rings. The average Bonchev–Trinajstić information content (AvgIpc) is 2.41. The average molecular weight is 276 g/mol. The van der Waals surface area contributed by atoms with E-state index in [1.54, 1.807) is 0 Å². The van der Waals surface area contributed by atoms with Crippen molar-refractivity contribution in [1.29, 1.82) is 0 Å². The van der Waals surface area contributed by atoms with E-state index in [1.165, 1.54) is 0 Å². The fourth-order valence-corrected chi connectivity index (χ4v) is 2.13. The minimum absolute atomic E-state index is 0.0000272. The van der Waals surface area contributed by atoms with Crippen LogP contribution in [-0.4, -0.2) is 0 Å². The number of nitrogens with two attached hydrogens (primary N) is 1. The lowest BCUT2D eigenvalue weighted by atomic mass is 10.1. The molecule has 0 amide bonds. The summed E-state index contributed by atoms with van der Waals surface area (Å²) in [6.07, 6.45) is 0.885. The molecule has 19 heavy (non-hydrogen) atoms. The highest BCUT2D eigenvalue weighted by atomic mass is 35.5. The molecular weight excluding hydrogens is 258 g/mol. The summed E-state index contributed by atoms with van der Waals surface area (Å²) < 4.78 is 5.85. The van der Waals surface area contributed by atoms with E-state index in [9.17, 15) is 0 Å². The lowest BCUT2D eigenvalue weighted by Gasteiger charge is -2.11. The van der Waals surface area contributed by atoms with Gasteiger partial charge in [0.15, 0.2) is 0 Å². The summed E-state index contributed by atoms with van der Waals surface area (Å²) in [5.74, 6) is 1.59. The summed E-state index contributed by atoms with van der Waals surface area (Å²) in [5.41, 5.74) is 8.01. The van der Waals surface area contributed by atoms with Gasteiger partial charge in [-0.1, -0.05) is 30.7 Å². The molecule has 2 aromatic rings. The van der Waals surface area contributed by atoms with Crippen molar-refractivity contribution < 1.29 is 4.74 Å². The van der Waals surface area contributed by atoms with Crippen molar-refractivity contribution in [2.75, 3.05) is 0 Å². The molecule has 2 nitrogen and oxygen atoms in total. The second-order valence-electron chi connectivity index (χ2n) is 4.57. The maximum absolute atomic E-state index is 6.09. The second-order valence-corrected chi connectivity index (χ2v) is 4.98. The fourth-order valence-electron chi connectivity index (χ4n) is 1.88. The van der Waals surface area contributed by atoms with Crippen molar-refractivity contribution in [3.05, 3.63) is 58.6 Å². The smallest absolute Gasteiger partial charge is 0.127 e. The molecule has 0 bridgehead atoms. The zero-order valence-corrected chi connectivity index (χ0v) is 11.9. The summed E-state index contributed by atoms with van der Waals surface area (Å²) in [6, 6.07) is 13.5. The van der Waals surface area contributed by atoms with Crippen LogP contribution in [0.5, 0.6) is 11.5 Å².